The summed E-state index contributed by atoms with van der Waals surface area (Å²) < 4.78 is 0. The number of hydrogen-bond acceptors (Lipinski definition) is 3. The van der Waals surface area contributed by atoms with Crippen LogP contribution in [0.2, 0.25) is 0 Å². The molecule has 0 aromatic carbocycles. The molecule has 3 heteroatoms. The minimum Gasteiger partial charge on any atom is -0.329 e. The zero-order chi connectivity index (χ0) is 10.8. The normalized spacial score (nSPS) is 19.2. The third-order valence-electron chi connectivity index (χ3n) is 3.46. The van der Waals surface area contributed by atoms with Gasteiger partial charge in [0.1, 0.15) is 0 Å². The Morgan fingerprint density at radius 3 is 2.67 bits per heavy atom. The number of rotatable bonds is 4. The summed E-state index contributed by atoms with van der Waals surface area (Å²) in [6.45, 7) is 2.89. The molecule has 0 radical (unpaired) electrons. The summed E-state index contributed by atoms with van der Waals surface area (Å²) in [7, 11) is 2.22. The fourth-order valence-electron chi connectivity index (χ4n) is 2.16. The second-order valence-corrected chi connectivity index (χ2v) is 5.77. The Balaban J connectivity index is 2.08. The molecule has 1 fully saturated rings. The van der Waals surface area contributed by atoms with Crippen molar-refractivity contribution in [1.29, 1.82) is 0 Å². The Labute approximate surface area is 96.1 Å². The van der Waals surface area contributed by atoms with E-state index in [1.54, 1.807) is 0 Å². The highest BCUT2D eigenvalue weighted by atomic mass is 32.1. The van der Waals surface area contributed by atoms with Crippen LogP contribution in [0.15, 0.2) is 12.1 Å². The van der Waals surface area contributed by atoms with Gasteiger partial charge in [-0.3, -0.25) is 4.90 Å². The summed E-state index contributed by atoms with van der Waals surface area (Å²) in [5, 5.41) is 0. The van der Waals surface area contributed by atoms with E-state index in [1.807, 2.05) is 11.3 Å². The van der Waals surface area contributed by atoms with Gasteiger partial charge in [-0.2, -0.15) is 0 Å². The van der Waals surface area contributed by atoms with E-state index in [-0.39, 0.29) is 0 Å². The van der Waals surface area contributed by atoms with Crippen molar-refractivity contribution in [3.05, 3.63) is 21.9 Å². The fourth-order valence-corrected chi connectivity index (χ4v) is 3.21. The monoisotopic (exact) mass is 224 g/mol. The Bertz CT molecular complexity index is 317. The van der Waals surface area contributed by atoms with Crippen molar-refractivity contribution >= 4 is 11.3 Å². The van der Waals surface area contributed by atoms with Crippen LogP contribution < -0.4 is 5.73 Å². The molecule has 1 aliphatic carbocycles. The van der Waals surface area contributed by atoms with E-state index in [9.17, 15) is 0 Å². The van der Waals surface area contributed by atoms with Crippen molar-refractivity contribution < 1.29 is 0 Å². The lowest BCUT2D eigenvalue weighted by atomic mass is 9.90. The van der Waals surface area contributed by atoms with E-state index in [0.29, 0.717) is 6.04 Å². The number of aryl methyl sites for hydroxylation is 1. The lowest BCUT2D eigenvalue weighted by molar-refractivity contribution is 0.115. The first kappa shape index (κ1) is 11.1. The molecule has 2 rings (SSSR count). The Morgan fingerprint density at radius 2 is 2.27 bits per heavy atom. The predicted molar refractivity (Wildman–Crippen MR) is 66.3 cm³/mol. The third kappa shape index (κ3) is 2.25. The van der Waals surface area contributed by atoms with Gasteiger partial charge in [-0.1, -0.05) is 6.42 Å². The molecular weight excluding hydrogens is 204 g/mol. The number of hydrogen-bond donors (Lipinski definition) is 1. The van der Waals surface area contributed by atoms with Crippen molar-refractivity contribution in [1.82, 2.24) is 4.90 Å². The number of nitrogens with zero attached hydrogens (tertiary/aromatic N) is 1. The van der Waals surface area contributed by atoms with Crippen LogP contribution in [-0.2, 0) is 0 Å². The van der Waals surface area contributed by atoms with Gasteiger partial charge in [0, 0.05) is 22.3 Å². The van der Waals surface area contributed by atoms with Gasteiger partial charge in [-0.25, -0.2) is 0 Å². The van der Waals surface area contributed by atoms with Crippen molar-refractivity contribution in [2.75, 3.05) is 13.6 Å². The SMILES string of the molecule is Cc1ccc(C(CN)N(C)C2CCC2)s1. The van der Waals surface area contributed by atoms with Crippen molar-refractivity contribution in [2.45, 2.75) is 38.3 Å². The standard InChI is InChI=1S/C12H20N2S/c1-9-6-7-12(15-9)11(8-13)14(2)10-4-3-5-10/h6-7,10-11H,3-5,8,13H2,1-2H3. The van der Waals surface area contributed by atoms with Crippen LogP contribution in [0, 0.1) is 6.92 Å². The van der Waals surface area contributed by atoms with Gasteiger partial charge in [0.25, 0.3) is 0 Å². The quantitative estimate of drug-likeness (QED) is 0.851. The number of nitrogens with two attached hydrogens (primary N) is 1. The molecule has 0 bridgehead atoms. The molecule has 0 saturated heterocycles. The molecule has 2 N–H and O–H groups in total. The summed E-state index contributed by atoms with van der Waals surface area (Å²) in [6, 6.07) is 5.61. The minimum absolute atomic E-state index is 0.425. The highest BCUT2D eigenvalue weighted by Crippen LogP contribution is 2.33. The van der Waals surface area contributed by atoms with Crippen LogP contribution in [0.4, 0.5) is 0 Å². The van der Waals surface area contributed by atoms with Crippen LogP contribution in [-0.4, -0.2) is 24.5 Å². The third-order valence-corrected chi connectivity index (χ3v) is 4.56. The zero-order valence-electron chi connectivity index (χ0n) is 9.57. The number of likely N-dealkylation sites (N-methyl/N-ethyl adjacent to an activating group) is 1. The fraction of sp³-hybridized carbons (Fsp3) is 0.667. The Hall–Kier alpha value is -0.380. The molecule has 1 unspecified atom stereocenters. The Kier molecular flexibility index (Phi) is 3.44. The van der Waals surface area contributed by atoms with Gasteiger partial charge in [-0.15, -0.1) is 11.3 Å². The van der Waals surface area contributed by atoms with Crippen molar-refractivity contribution in [3.63, 3.8) is 0 Å². The molecule has 1 aliphatic rings. The van der Waals surface area contributed by atoms with E-state index in [4.69, 9.17) is 5.73 Å². The van der Waals surface area contributed by atoms with E-state index < -0.39 is 0 Å². The molecular formula is C12H20N2S. The molecule has 0 aliphatic heterocycles. The maximum Gasteiger partial charge on any atom is 0.0564 e. The average molecular weight is 224 g/mol. The van der Waals surface area contributed by atoms with Gasteiger partial charge >= 0.3 is 0 Å². The number of thiophene rings is 1. The first-order valence-electron chi connectivity index (χ1n) is 5.70. The van der Waals surface area contributed by atoms with E-state index in [1.165, 1.54) is 29.0 Å². The minimum atomic E-state index is 0.425. The lowest BCUT2D eigenvalue weighted by Crippen LogP contribution is -2.42. The van der Waals surface area contributed by atoms with Crippen LogP contribution >= 0.6 is 11.3 Å². The second-order valence-electron chi connectivity index (χ2n) is 4.45. The molecule has 1 saturated carbocycles. The summed E-state index contributed by atoms with van der Waals surface area (Å²) in [6.07, 6.45) is 4.07. The molecule has 1 aromatic rings. The zero-order valence-corrected chi connectivity index (χ0v) is 10.4. The molecule has 0 spiro atoms. The summed E-state index contributed by atoms with van der Waals surface area (Å²) >= 11 is 1.88. The average Bonchev–Trinajstić information content (AvgIpc) is 2.50. The van der Waals surface area contributed by atoms with Crippen molar-refractivity contribution in [2.24, 2.45) is 5.73 Å². The second kappa shape index (κ2) is 4.64. The first-order chi connectivity index (χ1) is 7.22. The van der Waals surface area contributed by atoms with E-state index >= 15 is 0 Å². The maximum absolute atomic E-state index is 5.90. The van der Waals surface area contributed by atoms with Gasteiger partial charge in [0.2, 0.25) is 0 Å². The van der Waals surface area contributed by atoms with E-state index in [0.717, 1.165) is 12.6 Å². The predicted octanol–water partition coefficient (Wildman–Crippen LogP) is 2.54. The van der Waals surface area contributed by atoms with Gasteiger partial charge in [0.15, 0.2) is 0 Å². The Morgan fingerprint density at radius 1 is 1.53 bits per heavy atom. The molecule has 15 heavy (non-hydrogen) atoms. The van der Waals surface area contributed by atoms with Crippen LogP contribution in [0.25, 0.3) is 0 Å². The molecule has 1 aromatic heterocycles. The smallest absolute Gasteiger partial charge is 0.0564 e. The molecule has 0 amide bonds. The highest BCUT2D eigenvalue weighted by molar-refractivity contribution is 7.12. The summed E-state index contributed by atoms with van der Waals surface area (Å²) in [4.78, 5) is 5.27. The van der Waals surface area contributed by atoms with Gasteiger partial charge in [-0.05, 0) is 38.9 Å². The highest BCUT2D eigenvalue weighted by Gasteiger charge is 2.28. The van der Waals surface area contributed by atoms with Gasteiger partial charge < -0.3 is 5.73 Å². The largest absolute Gasteiger partial charge is 0.329 e. The van der Waals surface area contributed by atoms with Crippen molar-refractivity contribution in [3.8, 4) is 0 Å². The molecule has 84 valence electrons. The maximum atomic E-state index is 5.90. The molecule has 2 nitrogen and oxygen atoms in total. The van der Waals surface area contributed by atoms with Crippen LogP contribution in [0.5, 0.6) is 0 Å². The summed E-state index contributed by atoms with van der Waals surface area (Å²) in [5.41, 5.74) is 5.90. The topological polar surface area (TPSA) is 29.3 Å². The molecule has 1 heterocycles. The molecule has 1 atom stereocenters. The van der Waals surface area contributed by atoms with E-state index in [2.05, 4.69) is 31.0 Å². The van der Waals surface area contributed by atoms with Crippen LogP contribution in [0.1, 0.15) is 35.1 Å². The van der Waals surface area contributed by atoms with Gasteiger partial charge in [0.05, 0.1) is 6.04 Å². The summed E-state index contributed by atoms with van der Waals surface area (Å²) in [5.74, 6) is 0. The lowest BCUT2D eigenvalue weighted by Gasteiger charge is -2.39. The van der Waals surface area contributed by atoms with Crippen LogP contribution in [0.3, 0.4) is 0 Å². The first-order valence-corrected chi connectivity index (χ1v) is 6.52.